The van der Waals surface area contributed by atoms with Crippen molar-refractivity contribution in [1.29, 1.82) is 0 Å². The van der Waals surface area contributed by atoms with Crippen LogP contribution in [0.2, 0.25) is 0 Å². The van der Waals surface area contributed by atoms with Gasteiger partial charge in [-0.25, -0.2) is 0 Å². The van der Waals surface area contributed by atoms with Gasteiger partial charge in [-0.1, -0.05) is 185 Å². The van der Waals surface area contributed by atoms with E-state index in [4.69, 9.17) is 25.3 Å². The van der Waals surface area contributed by atoms with Crippen LogP contribution in [-0.4, -0.2) is 62.6 Å². The first kappa shape index (κ1) is 99.4. The Morgan fingerprint density at radius 3 is 1.16 bits per heavy atom. The summed E-state index contributed by atoms with van der Waals surface area (Å²) in [5.74, 6) is -0.187. The second-order valence-electron chi connectivity index (χ2n) is 26.8. The van der Waals surface area contributed by atoms with Crippen LogP contribution in [0.25, 0.3) is 122 Å². The van der Waals surface area contributed by atoms with E-state index >= 15 is 0 Å². The van der Waals surface area contributed by atoms with E-state index in [1.807, 2.05) is 219 Å². The van der Waals surface area contributed by atoms with E-state index in [0.717, 1.165) is 84.1 Å². The molecule has 5 radical (unpaired) electrons. The molecule has 0 fully saturated rings. The minimum Gasteiger partial charge on any atom is -0.512 e. The average Bonchev–Trinajstić information content (AvgIpc) is 0.792. The molecule has 17 heteroatoms. The summed E-state index contributed by atoms with van der Waals surface area (Å²) in [5.41, 5.74) is 18.5. The summed E-state index contributed by atoms with van der Waals surface area (Å²) in [7, 11) is 0. The minimum absolute atomic E-state index is 0. The second kappa shape index (κ2) is 52.0. The molecule has 0 saturated heterocycles. The number of fused-ring (bicyclic) bond motifs is 4. The van der Waals surface area contributed by atoms with Crippen LogP contribution >= 0.6 is 0 Å². The smallest absolute Gasteiger partial charge is 0.155 e. The quantitative estimate of drug-likeness (QED) is 0.0668. The van der Waals surface area contributed by atoms with Crippen molar-refractivity contribution >= 4 is 60.8 Å². The average molecular weight is 2440 g/mol. The number of rotatable bonds is 10. The molecule has 16 aromatic rings. The van der Waals surface area contributed by atoms with Crippen LogP contribution in [0.4, 0.5) is 0 Å². The van der Waals surface area contributed by atoms with E-state index in [2.05, 4.69) is 174 Å². The van der Waals surface area contributed by atoms with Crippen LogP contribution in [0, 0.1) is 30.3 Å². The van der Waals surface area contributed by atoms with Gasteiger partial charge in [-0.2, -0.15) is 0 Å². The molecule has 12 nitrogen and oxygen atoms in total. The van der Waals surface area contributed by atoms with Gasteiger partial charge < -0.3 is 30.3 Å². The number of allylic oxidation sites excluding steroid dienone is 6. The molecule has 5 heterocycles. The first-order chi connectivity index (χ1) is 54.7. The Balaban J connectivity index is 0.000000290. The minimum atomic E-state index is -0.125. The number of aliphatic hydroxyl groups excluding tert-OH is 3. The molecule has 16 rings (SSSR count). The summed E-state index contributed by atoms with van der Waals surface area (Å²) >= 11 is 0. The van der Waals surface area contributed by atoms with E-state index in [1.54, 1.807) is 6.20 Å². The second-order valence-corrected chi connectivity index (χ2v) is 26.8. The van der Waals surface area contributed by atoms with Gasteiger partial charge in [0.05, 0.1) is 39.5 Å². The van der Waals surface area contributed by atoms with Crippen molar-refractivity contribution < 1.29 is 130 Å². The Labute approximate surface area is 759 Å². The Kier molecular flexibility index (Phi) is 43.8. The van der Waals surface area contributed by atoms with Crippen molar-refractivity contribution in [2.45, 2.75) is 67.7 Å². The van der Waals surface area contributed by atoms with Gasteiger partial charge in [-0.15, -0.1) is 178 Å². The first-order valence-corrected chi connectivity index (χ1v) is 36.6. The predicted molar refractivity (Wildman–Crippen MR) is 461 cm³/mol. The van der Waals surface area contributed by atoms with Crippen molar-refractivity contribution in [3.63, 3.8) is 0 Å². The number of hydrogen-bond donors (Lipinski definition) is 3. The number of hydrogen-bond acceptors (Lipinski definition) is 12. The molecule has 0 saturated carbocycles. The third-order valence-corrected chi connectivity index (χ3v) is 16.5. The number of para-hydroxylation sites is 3. The van der Waals surface area contributed by atoms with Crippen LogP contribution in [0.1, 0.15) is 67.9 Å². The van der Waals surface area contributed by atoms with Gasteiger partial charge in [0.1, 0.15) is 0 Å². The Morgan fingerprint density at radius 1 is 0.305 bits per heavy atom. The maximum Gasteiger partial charge on any atom is 0.155 e. The summed E-state index contributed by atoms with van der Waals surface area (Å²) in [6.45, 7) is 15.2. The fourth-order valence-electron chi connectivity index (χ4n) is 11.4. The number of nitrogens with zero attached hydrogens (tertiary/aromatic N) is 6. The predicted octanol–water partition coefficient (Wildman–Crippen LogP) is 24.5. The van der Waals surface area contributed by atoms with Gasteiger partial charge in [0.2, 0.25) is 0 Å². The third kappa shape index (κ3) is 32.1. The van der Waals surface area contributed by atoms with Crippen molar-refractivity contribution in [3.8, 4) is 78.7 Å². The molecule has 0 bridgehead atoms. The zero-order valence-corrected chi connectivity index (χ0v) is 78.3. The fraction of sp³-hybridized carbons (Fsp3) is 0.0990. The SMILES string of the molecule is CC(=O)C=C(C)O.CC(=O)C=C(C)O.CC(=O)C=C(C)O.CC(C)(C)c1c[c-]c(-c2nccc3ccccc23)cc1.[Ir].[Ir].[Ir].[Ir].[Ir].[c-]1ccc(-c2ccccc2)cc1-c1ccccn1.[c-]1ccccc1-c1ccc2ccccc2n1.[c-]1ccccc1-c1nc2ccccc2nc1-c1ccccc1.[c-]1ccccc1-c1nccc2ccccc12. The third-order valence-electron chi connectivity index (χ3n) is 16.5. The van der Waals surface area contributed by atoms with Gasteiger partial charge in [-0.05, 0) is 144 Å². The fourth-order valence-corrected chi connectivity index (χ4v) is 11.4. The van der Waals surface area contributed by atoms with E-state index in [-0.39, 0.29) is 141 Å². The number of aliphatic hydroxyl groups is 3. The summed E-state index contributed by atoms with van der Waals surface area (Å²) in [6.07, 6.45) is 9.01. The molecule has 3 N–H and O–H groups in total. The number of carbonyl (C=O) groups excluding carboxylic acids is 3. The van der Waals surface area contributed by atoms with Crippen LogP contribution in [0.15, 0.2) is 363 Å². The summed E-state index contributed by atoms with van der Waals surface area (Å²) in [5, 5.41) is 31.0. The molecule has 0 amide bonds. The Bertz CT molecular complexity index is 5620. The van der Waals surface area contributed by atoms with Gasteiger partial charge in [0, 0.05) is 143 Å². The van der Waals surface area contributed by atoms with Crippen molar-refractivity contribution in [3.05, 3.63) is 399 Å². The maximum atomic E-state index is 10.0. The van der Waals surface area contributed by atoms with E-state index < -0.39 is 0 Å². The van der Waals surface area contributed by atoms with E-state index in [0.29, 0.717) is 0 Å². The molecule has 5 aromatic heterocycles. The molecule has 118 heavy (non-hydrogen) atoms. The summed E-state index contributed by atoms with van der Waals surface area (Å²) < 4.78 is 0. The van der Waals surface area contributed by atoms with Gasteiger partial charge in [0.25, 0.3) is 0 Å². The number of benzene rings is 11. The van der Waals surface area contributed by atoms with E-state index in [1.165, 1.54) is 103 Å². The van der Waals surface area contributed by atoms with Crippen molar-refractivity contribution in [1.82, 2.24) is 29.9 Å². The molecule has 0 atom stereocenters. The van der Waals surface area contributed by atoms with Gasteiger partial charge >= 0.3 is 0 Å². The molecule has 0 spiro atoms. The maximum absolute atomic E-state index is 10.0. The monoisotopic (exact) mass is 2440 g/mol. The molecule has 0 aliphatic rings. The first-order valence-electron chi connectivity index (χ1n) is 36.6. The normalized spacial score (nSPS) is 10.4. The van der Waals surface area contributed by atoms with Crippen LogP contribution in [-0.2, 0) is 120 Å². The van der Waals surface area contributed by atoms with Gasteiger partial charge in [0.15, 0.2) is 17.3 Å². The summed E-state index contributed by atoms with van der Waals surface area (Å²) in [6, 6.07) is 120. The largest absolute Gasteiger partial charge is 0.512 e. The zero-order chi connectivity index (χ0) is 80.3. The molecular formula is C101H87Ir5N6O6-5. The van der Waals surface area contributed by atoms with Crippen LogP contribution in [0.5, 0.6) is 0 Å². The number of carbonyl (C=O) groups is 3. The van der Waals surface area contributed by atoms with Crippen LogP contribution in [0.3, 0.4) is 0 Å². The Morgan fingerprint density at radius 2 is 0.720 bits per heavy atom. The number of ketones is 3. The van der Waals surface area contributed by atoms with Crippen molar-refractivity contribution in [2.75, 3.05) is 0 Å². The molecule has 0 aliphatic carbocycles. The zero-order valence-electron chi connectivity index (χ0n) is 66.3. The van der Waals surface area contributed by atoms with E-state index in [9.17, 15) is 14.4 Å². The number of aromatic nitrogens is 6. The topological polar surface area (TPSA) is 189 Å². The van der Waals surface area contributed by atoms with Gasteiger partial charge in [-0.3, -0.25) is 29.3 Å². The van der Waals surface area contributed by atoms with Crippen LogP contribution < -0.4 is 0 Å². The summed E-state index contributed by atoms with van der Waals surface area (Å²) in [4.78, 5) is 57.7. The molecule has 0 aliphatic heterocycles. The van der Waals surface area contributed by atoms with Crippen molar-refractivity contribution in [2.24, 2.45) is 0 Å². The molecule has 11 aromatic carbocycles. The molecule has 607 valence electrons. The number of pyridine rings is 4. The molecule has 0 unspecified atom stereocenters. The Hall–Kier alpha value is -11.0. The molecular weight excluding hydrogens is 2350 g/mol. The standard InChI is InChI=1S/C20H13N2.C19H18N.C17H12N.2C15H10N.3C5H8O2.5Ir/c1-3-9-15(10-4-1)19-20(16-11-5-2-6-12-16)22-18-14-8-7-13-17(18)21-19;1-19(2,3)16-10-8-15(9-11-16)18-17-7-5-4-6-14(17)12-13-20-18;1-2-7-14(8-3-1)15-9-6-10-16(13-15)17-11-4-5-12-18-17;1-2-7-13(8-3-1)15-14-9-5-4-6-12(14)10-11-16-15;1-2-6-12(7-3-1)15-11-10-13-8-4-5-9-14(13)16-15;3*1-4(6)3-5(2)7;;;;;/h1-11,13-14H;4-8,10-13H,1-3H3;1-9,11-13H;1-7,9-11H;1-6,8-11H;3*3,6H,1-2H3;;;;;/q5*-1;;;;;;;;.